The Labute approximate surface area is 97.1 Å². The molecule has 0 N–H and O–H groups in total. The zero-order valence-corrected chi connectivity index (χ0v) is 9.58. The number of halogens is 1. The van der Waals surface area contributed by atoms with Crippen molar-refractivity contribution in [2.24, 2.45) is 0 Å². The highest BCUT2D eigenvalue weighted by atomic mass is 35.5. The summed E-state index contributed by atoms with van der Waals surface area (Å²) in [7, 11) is 0. The van der Waals surface area contributed by atoms with E-state index in [0.717, 1.165) is 0 Å². The number of ether oxygens (including phenoxy) is 1. The number of benzene rings is 1. The van der Waals surface area contributed by atoms with Gasteiger partial charge in [-0.3, -0.25) is 14.9 Å². The van der Waals surface area contributed by atoms with E-state index in [1.165, 1.54) is 19.1 Å². The van der Waals surface area contributed by atoms with Gasteiger partial charge in [0, 0.05) is 0 Å². The van der Waals surface area contributed by atoms with Crippen LogP contribution in [0.15, 0.2) is 12.1 Å². The molecule has 0 aliphatic carbocycles. The van der Waals surface area contributed by atoms with Crippen LogP contribution in [0, 0.1) is 10.1 Å². The minimum atomic E-state index is -0.629. The van der Waals surface area contributed by atoms with Crippen molar-refractivity contribution in [2.75, 3.05) is 6.61 Å². The van der Waals surface area contributed by atoms with Crippen molar-refractivity contribution in [1.82, 2.24) is 0 Å². The van der Waals surface area contributed by atoms with E-state index in [-0.39, 0.29) is 22.0 Å². The van der Waals surface area contributed by atoms with Gasteiger partial charge in [-0.05, 0) is 19.9 Å². The first-order valence-electron chi connectivity index (χ1n) is 4.59. The number of hydrogen-bond acceptors (Lipinski definition) is 4. The van der Waals surface area contributed by atoms with Crippen LogP contribution in [0.1, 0.15) is 24.2 Å². The Morgan fingerprint density at radius 1 is 1.56 bits per heavy atom. The SMILES string of the molecule is CCOc1cc([N+](=O)[O-])c(C(C)=O)cc1Cl. The molecule has 86 valence electrons. The van der Waals surface area contributed by atoms with E-state index in [2.05, 4.69) is 0 Å². The first-order valence-corrected chi connectivity index (χ1v) is 4.96. The Bertz CT molecular complexity index is 445. The Hall–Kier alpha value is -1.62. The molecule has 6 heteroatoms. The zero-order chi connectivity index (χ0) is 12.3. The van der Waals surface area contributed by atoms with Crippen LogP contribution < -0.4 is 4.74 Å². The lowest BCUT2D eigenvalue weighted by molar-refractivity contribution is -0.385. The molecular formula is C10H10ClNO4. The van der Waals surface area contributed by atoms with Gasteiger partial charge in [-0.1, -0.05) is 11.6 Å². The third-order valence-corrected chi connectivity index (χ3v) is 2.22. The average molecular weight is 244 g/mol. The van der Waals surface area contributed by atoms with Crippen molar-refractivity contribution in [3.05, 3.63) is 32.8 Å². The maximum atomic E-state index is 11.2. The maximum absolute atomic E-state index is 11.2. The number of nitro groups is 1. The van der Waals surface area contributed by atoms with Gasteiger partial charge in [-0.2, -0.15) is 0 Å². The number of ketones is 1. The highest BCUT2D eigenvalue weighted by molar-refractivity contribution is 6.32. The Morgan fingerprint density at radius 2 is 2.19 bits per heavy atom. The van der Waals surface area contributed by atoms with E-state index >= 15 is 0 Å². The fraction of sp³-hybridized carbons (Fsp3) is 0.300. The molecule has 0 saturated carbocycles. The summed E-state index contributed by atoms with van der Waals surface area (Å²) in [5.41, 5.74) is -0.307. The normalized spacial score (nSPS) is 9.94. The highest BCUT2D eigenvalue weighted by Crippen LogP contribution is 2.32. The molecule has 0 aromatic heterocycles. The van der Waals surface area contributed by atoms with Crippen LogP contribution in [0.25, 0.3) is 0 Å². The summed E-state index contributed by atoms with van der Waals surface area (Å²) in [6.45, 7) is 3.33. The van der Waals surface area contributed by atoms with Gasteiger partial charge in [0.2, 0.25) is 0 Å². The van der Waals surface area contributed by atoms with E-state index in [1.807, 2.05) is 0 Å². The second-order valence-corrected chi connectivity index (χ2v) is 3.45. The Morgan fingerprint density at radius 3 is 2.62 bits per heavy atom. The third kappa shape index (κ3) is 2.49. The summed E-state index contributed by atoms with van der Waals surface area (Å²) in [6, 6.07) is 2.43. The molecule has 0 aliphatic heterocycles. The van der Waals surface area contributed by atoms with E-state index < -0.39 is 10.7 Å². The molecule has 0 fully saturated rings. The molecule has 0 saturated heterocycles. The predicted octanol–water partition coefficient (Wildman–Crippen LogP) is 2.85. The van der Waals surface area contributed by atoms with Crippen molar-refractivity contribution >= 4 is 23.1 Å². The molecule has 0 spiro atoms. The minimum Gasteiger partial charge on any atom is -0.492 e. The van der Waals surface area contributed by atoms with Gasteiger partial charge in [0.25, 0.3) is 5.69 Å². The zero-order valence-electron chi connectivity index (χ0n) is 8.82. The number of rotatable bonds is 4. The van der Waals surface area contributed by atoms with Gasteiger partial charge in [0.15, 0.2) is 5.78 Å². The number of nitrogens with zero attached hydrogens (tertiary/aromatic N) is 1. The van der Waals surface area contributed by atoms with Crippen LogP contribution in [0.2, 0.25) is 5.02 Å². The summed E-state index contributed by atoms with van der Waals surface area (Å²) in [5, 5.41) is 10.9. The van der Waals surface area contributed by atoms with Crippen molar-refractivity contribution in [1.29, 1.82) is 0 Å². The summed E-state index contributed by atoms with van der Waals surface area (Å²) in [4.78, 5) is 21.3. The van der Waals surface area contributed by atoms with E-state index in [1.54, 1.807) is 6.92 Å². The van der Waals surface area contributed by atoms with Gasteiger partial charge < -0.3 is 4.74 Å². The molecule has 1 aromatic carbocycles. The van der Waals surface area contributed by atoms with Crippen molar-refractivity contribution in [3.63, 3.8) is 0 Å². The molecule has 0 atom stereocenters. The number of hydrogen-bond donors (Lipinski definition) is 0. The number of nitro benzene ring substituents is 1. The number of carbonyl (C=O) groups excluding carboxylic acids is 1. The topological polar surface area (TPSA) is 69.4 Å². The third-order valence-electron chi connectivity index (χ3n) is 1.93. The molecule has 5 nitrogen and oxygen atoms in total. The van der Waals surface area contributed by atoms with Crippen molar-refractivity contribution in [3.8, 4) is 5.75 Å². The number of carbonyl (C=O) groups is 1. The lowest BCUT2D eigenvalue weighted by Crippen LogP contribution is -2.02. The predicted molar refractivity (Wildman–Crippen MR) is 59.3 cm³/mol. The number of Topliss-reactive ketones (excluding diaryl/α,β-unsaturated/α-hetero) is 1. The van der Waals surface area contributed by atoms with Crippen LogP contribution in [-0.4, -0.2) is 17.3 Å². The van der Waals surface area contributed by atoms with Gasteiger partial charge in [0.1, 0.15) is 5.75 Å². The van der Waals surface area contributed by atoms with Gasteiger partial charge in [-0.25, -0.2) is 0 Å². The second-order valence-electron chi connectivity index (χ2n) is 3.05. The fourth-order valence-corrected chi connectivity index (χ4v) is 1.46. The van der Waals surface area contributed by atoms with Crippen LogP contribution in [0.3, 0.4) is 0 Å². The van der Waals surface area contributed by atoms with Crippen LogP contribution >= 0.6 is 11.6 Å². The summed E-state index contributed by atoms with van der Waals surface area (Å²) in [5.74, 6) is -0.197. The minimum absolute atomic E-state index is 0.0153. The summed E-state index contributed by atoms with van der Waals surface area (Å²) >= 11 is 5.83. The van der Waals surface area contributed by atoms with Crippen molar-refractivity contribution < 1.29 is 14.5 Å². The largest absolute Gasteiger partial charge is 0.492 e. The molecule has 1 aromatic rings. The maximum Gasteiger partial charge on any atom is 0.283 e. The summed E-state index contributed by atoms with van der Waals surface area (Å²) in [6.07, 6.45) is 0. The lowest BCUT2D eigenvalue weighted by Gasteiger charge is -2.07. The molecule has 0 heterocycles. The Balaban J connectivity index is 3.37. The average Bonchev–Trinajstić information content (AvgIpc) is 2.20. The molecule has 0 unspecified atom stereocenters. The molecule has 0 aliphatic rings. The van der Waals surface area contributed by atoms with Gasteiger partial charge in [-0.15, -0.1) is 0 Å². The monoisotopic (exact) mass is 243 g/mol. The van der Waals surface area contributed by atoms with Crippen LogP contribution in [-0.2, 0) is 0 Å². The van der Waals surface area contributed by atoms with E-state index in [4.69, 9.17) is 16.3 Å². The molecule has 16 heavy (non-hydrogen) atoms. The molecular weight excluding hydrogens is 234 g/mol. The van der Waals surface area contributed by atoms with Crippen molar-refractivity contribution in [2.45, 2.75) is 13.8 Å². The van der Waals surface area contributed by atoms with E-state index in [0.29, 0.717) is 6.61 Å². The molecule has 1 rings (SSSR count). The Kier molecular flexibility index (Phi) is 3.84. The fourth-order valence-electron chi connectivity index (χ4n) is 1.24. The standard InChI is InChI=1S/C10H10ClNO4/c1-3-16-10-5-9(12(14)15)7(6(2)13)4-8(10)11/h4-5H,3H2,1-2H3. The van der Waals surface area contributed by atoms with Gasteiger partial charge in [0.05, 0.1) is 28.2 Å². The quantitative estimate of drug-likeness (QED) is 0.463. The highest BCUT2D eigenvalue weighted by Gasteiger charge is 2.21. The molecule has 0 bridgehead atoms. The second kappa shape index (κ2) is 4.94. The van der Waals surface area contributed by atoms with Gasteiger partial charge >= 0.3 is 0 Å². The molecule has 0 amide bonds. The lowest BCUT2D eigenvalue weighted by atomic mass is 10.1. The smallest absolute Gasteiger partial charge is 0.283 e. The first kappa shape index (κ1) is 12.4. The van der Waals surface area contributed by atoms with Crippen LogP contribution in [0.4, 0.5) is 5.69 Å². The first-order chi connectivity index (χ1) is 7.47. The molecule has 0 radical (unpaired) electrons. The van der Waals surface area contributed by atoms with E-state index in [9.17, 15) is 14.9 Å². The van der Waals surface area contributed by atoms with Crippen LogP contribution in [0.5, 0.6) is 5.75 Å². The summed E-state index contributed by atoms with van der Waals surface area (Å²) < 4.78 is 5.11.